The van der Waals surface area contributed by atoms with Gasteiger partial charge in [0.2, 0.25) is 0 Å². The molecule has 0 saturated heterocycles. The van der Waals surface area contributed by atoms with Crippen LogP contribution in [0.4, 0.5) is 0 Å². The Hall–Kier alpha value is -3.93. The fraction of sp³-hybridized carbons (Fsp3) is 0.638. The molecule has 64 heavy (non-hydrogen) atoms. The first-order valence-corrected chi connectivity index (χ1v) is 25.9. The van der Waals surface area contributed by atoms with Crippen LogP contribution in [-0.4, -0.2) is 37.2 Å². The SMILES string of the molecule is CC/C=C\C/C=C\C/C=C\C/C=C\C/C=C\C/C=C\CCC(=O)OCC(COC(=O)CCCC/C=C\C/C=C\C/C=C\CC)OC(=O)CCCCCCCCCCCCCCCCC. The van der Waals surface area contributed by atoms with Gasteiger partial charge in [-0.3, -0.25) is 14.4 Å². The van der Waals surface area contributed by atoms with Crippen molar-refractivity contribution < 1.29 is 28.6 Å². The summed E-state index contributed by atoms with van der Waals surface area (Å²) in [6.07, 6.45) is 69.5. The Morgan fingerprint density at radius 2 is 0.641 bits per heavy atom. The van der Waals surface area contributed by atoms with Crippen molar-refractivity contribution in [2.24, 2.45) is 0 Å². The van der Waals surface area contributed by atoms with Gasteiger partial charge in [0.05, 0.1) is 0 Å². The number of rotatable bonds is 45. The minimum atomic E-state index is -0.823. The molecule has 0 aliphatic heterocycles. The van der Waals surface area contributed by atoms with E-state index in [1.165, 1.54) is 77.0 Å². The Bertz CT molecular complexity index is 1340. The van der Waals surface area contributed by atoms with Crippen molar-refractivity contribution in [3.63, 3.8) is 0 Å². The highest BCUT2D eigenvalue weighted by Crippen LogP contribution is 2.15. The van der Waals surface area contributed by atoms with E-state index in [0.29, 0.717) is 25.7 Å². The Morgan fingerprint density at radius 3 is 1.05 bits per heavy atom. The van der Waals surface area contributed by atoms with Gasteiger partial charge in [0.25, 0.3) is 0 Å². The zero-order valence-corrected chi connectivity index (χ0v) is 41.3. The van der Waals surface area contributed by atoms with Crippen LogP contribution in [0.3, 0.4) is 0 Å². The molecule has 0 amide bonds. The number of hydrogen-bond donors (Lipinski definition) is 0. The summed E-state index contributed by atoms with van der Waals surface area (Å²) in [6.45, 7) is 6.30. The van der Waals surface area contributed by atoms with Gasteiger partial charge in [-0.25, -0.2) is 0 Å². The quantitative estimate of drug-likeness (QED) is 0.0262. The number of hydrogen-bond acceptors (Lipinski definition) is 6. The predicted octanol–water partition coefficient (Wildman–Crippen LogP) is 17.1. The van der Waals surface area contributed by atoms with Gasteiger partial charge in [-0.2, -0.15) is 0 Å². The normalized spacial score (nSPS) is 13.0. The van der Waals surface area contributed by atoms with Gasteiger partial charge in [0.1, 0.15) is 13.2 Å². The molecule has 0 aromatic rings. The van der Waals surface area contributed by atoms with Crippen LogP contribution in [0.1, 0.15) is 220 Å². The molecule has 0 radical (unpaired) electrons. The van der Waals surface area contributed by atoms with Crippen molar-refractivity contribution in [1.29, 1.82) is 0 Å². The Kier molecular flexibility index (Phi) is 48.5. The van der Waals surface area contributed by atoms with E-state index in [9.17, 15) is 14.4 Å². The number of unbranched alkanes of at least 4 members (excludes halogenated alkanes) is 16. The first kappa shape index (κ1) is 60.1. The average Bonchev–Trinajstić information content (AvgIpc) is 3.29. The van der Waals surface area contributed by atoms with Gasteiger partial charge >= 0.3 is 17.9 Å². The average molecular weight is 887 g/mol. The Balaban J connectivity index is 4.53. The zero-order chi connectivity index (χ0) is 46.5. The standard InChI is InChI=1S/C58H94O6/c1-4-7-10-13-16-19-22-25-27-28-29-30-32-33-36-39-42-45-48-51-57(60)63-54-55(53-62-56(59)50-47-44-41-38-35-24-21-18-15-12-9-6-3)64-58(61)52-49-46-43-40-37-34-31-26-23-20-17-14-11-8-5-2/h7,9-10,12,16,18-19,21,25,27,29-30,33,35-36,38,42,45,55H,4-6,8,11,13-15,17,20,22-24,26,28,31-32,34,37,39-41,43-44,46-54H2,1-3H3/b10-7-,12-9-,19-16-,21-18-,27-25-,30-29-,36-33-,38-35-,45-42-. The lowest BCUT2D eigenvalue weighted by Gasteiger charge is -2.18. The molecule has 0 aromatic heterocycles. The molecule has 0 heterocycles. The maximum absolute atomic E-state index is 12.8. The summed E-state index contributed by atoms with van der Waals surface area (Å²) >= 11 is 0. The van der Waals surface area contributed by atoms with Gasteiger partial charge in [-0.15, -0.1) is 0 Å². The number of allylic oxidation sites excluding steroid dienone is 18. The first-order chi connectivity index (χ1) is 31.5. The summed E-state index contributed by atoms with van der Waals surface area (Å²) in [5.41, 5.74) is 0. The van der Waals surface area contributed by atoms with E-state index in [4.69, 9.17) is 14.2 Å². The van der Waals surface area contributed by atoms with Crippen molar-refractivity contribution in [1.82, 2.24) is 0 Å². The topological polar surface area (TPSA) is 78.9 Å². The third-order valence-electron chi connectivity index (χ3n) is 10.5. The zero-order valence-electron chi connectivity index (χ0n) is 41.3. The van der Waals surface area contributed by atoms with Crippen molar-refractivity contribution in [3.8, 4) is 0 Å². The lowest BCUT2D eigenvalue weighted by atomic mass is 10.0. The van der Waals surface area contributed by atoms with Crippen molar-refractivity contribution in [3.05, 3.63) is 109 Å². The highest BCUT2D eigenvalue weighted by molar-refractivity contribution is 5.71. The van der Waals surface area contributed by atoms with E-state index >= 15 is 0 Å². The Labute approximate surface area is 393 Å². The maximum atomic E-state index is 12.8. The van der Waals surface area contributed by atoms with Gasteiger partial charge in [0, 0.05) is 19.3 Å². The molecule has 6 nitrogen and oxygen atoms in total. The number of esters is 3. The summed E-state index contributed by atoms with van der Waals surface area (Å²) in [6, 6.07) is 0. The van der Waals surface area contributed by atoms with E-state index in [-0.39, 0.29) is 37.5 Å². The first-order valence-electron chi connectivity index (χ1n) is 25.9. The molecule has 0 rings (SSSR count). The van der Waals surface area contributed by atoms with Crippen LogP contribution < -0.4 is 0 Å². The van der Waals surface area contributed by atoms with Crippen LogP contribution in [0.15, 0.2) is 109 Å². The van der Waals surface area contributed by atoms with Gasteiger partial charge in [-0.05, 0) is 89.9 Å². The molecular weight excluding hydrogens is 793 g/mol. The molecule has 362 valence electrons. The predicted molar refractivity (Wildman–Crippen MR) is 274 cm³/mol. The van der Waals surface area contributed by atoms with Gasteiger partial charge < -0.3 is 14.2 Å². The monoisotopic (exact) mass is 887 g/mol. The maximum Gasteiger partial charge on any atom is 0.306 e. The molecule has 0 aliphatic carbocycles. The summed E-state index contributed by atoms with van der Waals surface area (Å²) in [4.78, 5) is 37.9. The fourth-order valence-electron chi connectivity index (χ4n) is 6.72. The summed E-state index contributed by atoms with van der Waals surface area (Å²) in [5, 5.41) is 0. The molecule has 6 heteroatoms. The van der Waals surface area contributed by atoms with Gasteiger partial charge in [-0.1, -0.05) is 220 Å². The Morgan fingerprint density at radius 1 is 0.328 bits per heavy atom. The number of carbonyl (C=O) groups is 3. The lowest BCUT2D eigenvalue weighted by molar-refractivity contribution is -0.166. The van der Waals surface area contributed by atoms with E-state index in [2.05, 4.69) is 118 Å². The smallest absolute Gasteiger partial charge is 0.306 e. The second kappa shape index (κ2) is 51.7. The highest BCUT2D eigenvalue weighted by atomic mass is 16.6. The molecule has 0 spiro atoms. The minimum absolute atomic E-state index is 0.121. The molecular formula is C58H94O6. The summed E-state index contributed by atoms with van der Waals surface area (Å²) < 4.78 is 16.7. The second-order valence-electron chi connectivity index (χ2n) is 16.7. The van der Waals surface area contributed by atoms with Crippen LogP contribution in [0.5, 0.6) is 0 Å². The van der Waals surface area contributed by atoms with Crippen molar-refractivity contribution in [2.45, 2.75) is 226 Å². The third-order valence-corrected chi connectivity index (χ3v) is 10.5. The lowest BCUT2D eigenvalue weighted by Crippen LogP contribution is -2.30. The van der Waals surface area contributed by atoms with E-state index in [0.717, 1.165) is 89.9 Å². The molecule has 1 atom stereocenters. The van der Waals surface area contributed by atoms with Gasteiger partial charge in [0.15, 0.2) is 6.10 Å². The van der Waals surface area contributed by atoms with E-state index < -0.39 is 6.10 Å². The molecule has 0 fully saturated rings. The van der Waals surface area contributed by atoms with Crippen LogP contribution >= 0.6 is 0 Å². The third kappa shape index (κ3) is 49.1. The molecule has 1 unspecified atom stereocenters. The largest absolute Gasteiger partial charge is 0.462 e. The van der Waals surface area contributed by atoms with Crippen LogP contribution in [-0.2, 0) is 28.6 Å². The fourth-order valence-corrected chi connectivity index (χ4v) is 6.72. The van der Waals surface area contributed by atoms with Crippen LogP contribution in [0, 0.1) is 0 Å². The van der Waals surface area contributed by atoms with Crippen LogP contribution in [0.2, 0.25) is 0 Å². The summed E-state index contributed by atoms with van der Waals surface area (Å²) in [5.74, 6) is -1.05. The minimum Gasteiger partial charge on any atom is -0.462 e. The number of ether oxygens (including phenoxy) is 3. The molecule has 0 N–H and O–H groups in total. The van der Waals surface area contributed by atoms with Crippen molar-refractivity contribution >= 4 is 17.9 Å². The molecule has 0 bridgehead atoms. The second-order valence-corrected chi connectivity index (χ2v) is 16.7. The highest BCUT2D eigenvalue weighted by Gasteiger charge is 2.19. The van der Waals surface area contributed by atoms with Crippen LogP contribution in [0.25, 0.3) is 0 Å². The molecule has 0 saturated carbocycles. The number of carbonyl (C=O) groups excluding carboxylic acids is 3. The molecule has 0 aromatic carbocycles. The van der Waals surface area contributed by atoms with Crippen molar-refractivity contribution in [2.75, 3.05) is 13.2 Å². The summed E-state index contributed by atoms with van der Waals surface area (Å²) in [7, 11) is 0. The molecule has 0 aliphatic rings. The van der Waals surface area contributed by atoms with E-state index in [1.807, 2.05) is 12.2 Å². The van der Waals surface area contributed by atoms with E-state index in [1.54, 1.807) is 0 Å².